The van der Waals surface area contributed by atoms with Gasteiger partial charge in [0.1, 0.15) is 11.5 Å². The van der Waals surface area contributed by atoms with E-state index in [1.54, 1.807) is 24.3 Å². The monoisotopic (exact) mass is 578 g/mol. The first-order valence-electron chi connectivity index (χ1n) is 15.1. The second-order valence-electron chi connectivity index (χ2n) is 12.9. The summed E-state index contributed by atoms with van der Waals surface area (Å²) < 4.78 is 12.6. The highest BCUT2D eigenvalue weighted by Gasteiger charge is 2.54. The molecule has 0 N–H and O–H groups in total. The van der Waals surface area contributed by atoms with Crippen LogP contribution in [0.5, 0.6) is 11.5 Å². The highest BCUT2D eigenvalue weighted by molar-refractivity contribution is 5.92. The first kappa shape index (κ1) is 27.8. The number of carbonyl (C=O) groups excluding carboxylic acids is 2. The number of hydrogen-bond acceptors (Lipinski definition) is 4. The maximum absolute atomic E-state index is 13.7. The van der Waals surface area contributed by atoms with Crippen molar-refractivity contribution >= 4 is 11.9 Å². The fraction of sp³-hybridized carbons (Fsp3) is 0.200. The molecule has 44 heavy (non-hydrogen) atoms. The summed E-state index contributed by atoms with van der Waals surface area (Å²) in [5.74, 6) is 0.0390. The lowest BCUT2D eigenvalue weighted by Gasteiger charge is -2.51. The van der Waals surface area contributed by atoms with Gasteiger partial charge in [-0.15, -0.1) is 0 Å². The Kier molecular flexibility index (Phi) is 6.55. The molecule has 2 bridgehead atoms. The summed E-state index contributed by atoms with van der Waals surface area (Å²) >= 11 is 0. The van der Waals surface area contributed by atoms with E-state index in [9.17, 15) is 9.59 Å². The third-order valence-corrected chi connectivity index (χ3v) is 8.96. The topological polar surface area (TPSA) is 52.6 Å². The van der Waals surface area contributed by atoms with E-state index in [1.807, 2.05) is 45.9 Å². The summed E-state index contributed by atoms with van der Waals surface area (Å²) in [6, 6.07) is 38.5. The summed E-state index contributed by atoms with van der Waals surface area (Å²) in [6.45, 7) is 7.55. The third kappa shape index (κ3) is 4.36. The molecule has 0 amide bonds. The molecule has 4 heteroatoms. The van der Waals surface area contributed by atoms with Gasteiger partial charge in [-0.2, -0.15) is 0 Å². The number of hydrogen-bond donors (Lipinski definition) is 0. The summed E-state index contributed by atoms with van der Waals surface area (Å²) in [5.41, 5.74) is 7.74. The van der Waals surface area contributed by atoms with Gasteiger partial charge < -0.3 is 9.47 Å². The van der Waals surface area contributed by atoms with E-state index >= 15 is 0 Å². The molecule has 218 valence electrons. The van der Waals surface area contributed by atoms with Crippen molar-refractivity contribution in [2.75, 3.05) is 0 Å². The standard InChI is InChI=1S/C40H34O4/c1-25-18-20-27(21-19-25)37(41)43-33-23-22-32(44-38(42)39(2,3)4)35-34-28-14-8-10-16-30(28)40(36(33)35,24-26-12-6-5-7-13-26)31-17-11-9-15-29(31)34/h5-23,34H,24H2,1-4H3. The molecular formula is C40H34O4. The predicted molar refractivity (Wildman–Crippen MR) is 172 cm³/mol. The molecule has 0 aromatic heterocycles. The smallest absolute Gasteiger partial charge is 0.343 e. The van der Waals surface area contributed by atoms with Crippen LogP contribution in [-0.4, -0.2) is 11.9 Å². The predicted octanol–water partition coefficient (Wildman–Crippen LogP) is 8.55. The van der Waals surface area contributed by atoms with Gasteiger partial charge in [0.05, 0.1) is 16.4 Å². The minimum absolute atomic E-state index is 0.198. The number of aryl methyl sites for hydroxylation is 1. The summed E-state index contributed by atoms with van der Waals surface area (Å²) in [6.07, 6.45) is 0.632. The van der Waals surface area contributed by atoms with Crippen LogP contribution in [0.1, 0.15) is 81.6 Å². The Morgan fingerprint density at radius 3 is 1.86 bits per heavy atom. The van der Waals surface area contributed by atoms with Crippen LogP contribution < -0.4 is 9.47 Å². The molecule has 3 aliphatic carbocycles. The molecule has 0 spiro atoms. The van der Waals surface area contributed by atoms with Crippen molar-refractivity contribution in [2.24, 2.45) is 5.41 Å². The molecule has 0 saturated heterocycles. The van der Waals surface area contributed by atoms with Crippen LogP contribution in [0.25, 0.3) is 0 Å². The maximum atomic E-state index is 13.7. The van der Waals surface area contributed by atoms with Gasteiger partial charge in [0.2, 0.25) is 0 Å². The summed E-state index contributed by atoms with van der Waals surface area (Å²) in [4.78, 5) is 27.0. The highest BCUT2D eigenvalue weighted by Crippen LogP contribution is 2.64. The molecule has 5 aromatic rings. The van der Waals surface area contributed by atoms with E-state index in [2.05, 4.69) is 72.8 Å². The van der Waals surface area contributed by atoms with Crippen LogP contribution >= 0.6 is 0 Å². The van der Waals surface area contributed by atoms with Gasteiger partial charge in [0.25, 0.3) is 0 Å². The first-order valence-corrected chi connectivity index (χ1v) is 15.1. The van der Waals surface area contributed by atoms with Gasteiger partial charge in [-0.1, -0.05) is 96.6 Å². The average Bonchev–Trinajstić information content (AvgIpc) is 3.02. The van der Waals surface area contributed by atoms with E-state index in [-0.39, 0.29) is 11.9 Å². The SMILES string of the molecule is Cc1ccc(C(=O)Oc2ccc(OC(=O)C(C)(C)C)c3c2C2(Cc4ccccc4)c4ccccc4C3c3ccccc32)cc1. The molecule has 0 heterocycles. The summed E-state index contributed by atoms with van der Waals surface area (Å²) in [5, 5.41) is 0. The molecule has 3 aliphatic rings. The fourth-order valence-corrected chi connectivity index (χ4v) is 6.93. The zero-order valence-electron chi connectivity index (χ0n) is 25.4. The van der Waals surface area contributed by atoms with E-state index < -0.39 is 16.8 Å². The zero-order chi connectivity index (χ0) is 30.6. The Bertz CT molecular complexity index is 1860. The van der Waals surface area contributed by atoms with E-state index in [4.69, 9.17) is 9.47 Å². The highest BCUT2D eigenvalue weighted by atomic mass is 16.5. The molecule has 0 atom stereocenters. The minimum Gasteiger partial charge on any atom is -0.426 e. The molecule has 0 unspecified atom stereocenters. The van der Waals surface area contributed by atoms with Gasteiger partial charge in [-0.05, 0) is 86.2 Å². The van der Waals surface area contributed by atoms with Gasteiger partial charge in [0, 0.05) is 17.0 Å². The Morgan fingerprint density at radius 1 is 0.682 bits per heavy atom. The molecule has 4 nitrogen and oxygen atoms in total. The number of rotatable bonds is 5. The van der Waals surface area contributed by atoms with Crippen molar-refractivity contribution in [1.29, 1.82) is 0 Å². The summed E-state index contributed by atoms with van der Waals surface area (Å²) in [7, 11) is 0. The second-order valence-corrected chi connectivity index (χ2v) is 12.9. The van der Waals surface area contributed by atoms with Gasteiger partial charge in [-0.3, -0.25) is 4.79 Å². The third-order valence-electron chi connectivity index (χ3n) is 8.96. The van der Waals surface area contributed by atoms with Crippen LogP contribution in [0, 0.1) is 12.3 Å². The van der Waals surface area contributed by atoms with Crippen LogP contribution in [-0.2, 0) is 16.6 Å². The van der Waals surface area contributed by atoms with E-state index in [1.165, 1.54) is 22.3 Å². The second kappa shape index (κ2) is 10.3. The Morgan fingerprint density at radius 2 is 1.25 bits per heavy atom. The average molecular weight is 579 g/mol. The molecule has 0 fully saturated rings. The lowest BCUT2D eigenvalue weighted by Crippen LogP contribution is -2.44. The van der Waals surface area contributed by atoms with Crippen molar-refractivity contribution in [2.45, 2.75) is 45.4 Å². The lowest BCUT2D eigenvalue weighted by molar-refractivity contribution is -0.143. The molecular weight excluding hydrogens is 544 g/mol. The first-order chi connectivity index (χ1) is 21.2. The Labute approximate surface area is 258 Å². The Hall–Kier alpha value is -4.96. The Balaban J connectivity index is 1.53. The van der Waals surface area contributed by atoms with E-state index in [0.717, 1.165) is 22.3 Å². The van der Waals surface area contributed by atoms with Gasteiger partial charge in [0.15, 0.2) is 0 Å². The van der Waals surface area contributed by atoms with Crippen molar-refractivity contribution in [3.8, 4) is 11.5 Å². The maximum Gasteiger partial charge on any atom is 0.343 e. The van der Waals surface area contributed by atoms with Crippen LogP contribution in [0.15, 0.2) is 115 Å². The zero-order valence-corrected chi connectivity index (χ0v) is 25.4. The van der Waals surface area contributed by atoms with Crippen LogP contribution in [0.2, 0.25) is 0 Å². The molecule has 5 aromatic carbocycles. The lowest BCUT2D eigenvalue weighted by atomic mass is 9.51. The fourth-order valence-electron chi connectivity index (χ4n) is 6.93. The van der Waals surface area contributed by atoms with Crippen molar-refractivity contribution < 1.29 is 19.1 Å². The quantitative estimate of drug-likeness (QED) is 0.155. The van der Waals surface area contributed by atoms with Gasteiger partial charge in [-0.25, -0.2) is 4.79 Å². The largest absolute Gasteiger partial charge is 0.426 e. The van der Waals surface area contributed by atoms with Crippen molar-refractivity contribution in [3.63, 3.8) is 0 Å². The molecule has 0 saturated carbocycles. The molecule has 0 radical (unpaired) electrons. The van der Waals surface area contributed by atoms with Gasteiger partial charge >= 0.3 is 11.9 Å². The number of esters is 2. The van der Waals surface area contributed by atoms with Crippen LogP contribution in [0.3, 0.4) is 0 Å². The molecule has 0 aliphatic heterocycles. The normalized spacial score (nSPS) is 17.7. The minimum atomic E-state index is -0.703. The number of ether oxygens (including phenoxy) is 2. The van der Waals surface area contributed by atoms with E-state index in [0.29, 0.717) is 23.5 Å². The molecule has 8 rings (SSSR count). The van der Waals surface area contributed by atoms with Crippen molar-refractivity contribution in [3.05, 3.63) is 165 Å². The van der Waals surface area contributed by atoms with Crippen molar-refractivity contribution in [1.82, 2.24) is 0 Å². The number of carbonyl (C=O) groups is 2. The number of benzene rings is 5. The van der Waals surface area contributed by atoms with Crippen LogP contribution in [0.4, 0.5) is 0 Å².